The molecule has 2 rings (SSSR count). The van der Waals surface area contributed by atoms with Crippen molar-refractivity contribution in [1.29, 1.82) is 0 Å². The average Bonchev–Trinajstić information content (AvgIpc) is 2.54. The minimum absolute atomic E-state index is 0.131. The smallest absolute Gasteiger partial charge is 0.405 e. The molecule has 0 radical (unpaired) electrons. The molecule has 25 heavy (non-hydrogen) atoms. The Balaban J connectivity index is 2.46. The van der Waals surface area contributed by atoms with Gasteiger partial charge in [-0.25, -0.2) is 13.2 Å². The molecule has 0 bridgehead atoms. The summed E-state index contributed by atoms with van der Waals surface area (Å²) >= 11 is 0. The Morgan fingerprint density at radius 3 is 2.44 bits per heavy atom. The molecule has 9 nitrogen and oxygen atoms in total. The van der Waals surface area contributed by atoms with E-state index >= 15 is 0 Å². The lowest BCUT2D eigenvalue weighted by Gasteiger charge is -2.18. The molecule has 1 amide bonds. The minimum atomic E-state index is -4.22. The van der Waals surface area contributed by atoms with Crippen LogP contribution < -0.4 is 11.1 Å². The summed E-state index contributed by atoms with van der Waals surface area (Å²) in [6.45, 7) is 0. The van der Waals surface area contributed by atoms with Crippen LogP contribution in [0.15, 0.2) is 53.4 Å². The Kier molecular flexibility index (Phi) is 5.22. The number of nitrogens with zero attached hydrogens (tertiary/aromatic N) is 1. The summed E-state index contributed by atoms with van der Waals surface area (Å²) < 4.78 is 25.5. The van der Waals surface area contributed by atoms with Gasteiger partial charge in [0.25, 0.3) is 5.69 Å². The number of nitrogens with one attached hydrogen (secondary N) is 1. The summed E-state index contributed by atoms with van der Waals surface area (Å²) in [7, 11) is -4.22. The summed E-state index contributed by atoms with van der Waals surface area (Å²) in [5, 5.41) is 20.4. The number of anilines is 1. The third-order valence-corrected chi connectivity index (χ3v) is 5.39. The van der Waals surface area contributed by atoms with Gasteiger partial charge < -0.3 is 16.2 Å². The van der Waals surface area contributed by atoms with Gasteiger partial charge in [-0.2, -0.15) is 0 Å². The van der Waals surface area contributed by atoms with Crippen molar-refractivity contribution in [2.45, 2.75) is 16.7 Å². The van der Waals surface area contributed by atoms with Gasteiger partial charge in [-0.3, -0.25) is 10.1 Å². The number of carboxylic acid groups (broad SMARTS) is 1. The highest BCUT2D eigenvalue weighted by atomic mass is 32.2. The monoisotopic (exact) mass is 365 g/mol. The van der Waals surface area contributed by atoms with Crippen LogP contribution in [-0.4, -0.2) is 29.9 Å². The predicted octanol–water partition coefficient (Wildman–Crippen LogP) is 1.79. The molecule has 132 valence electrons. The number of benzene rings is 2. The first kappa shape index (κ1) is 18.2. The first-order valence-corrected chi connectivity index (χ1v) is 8.57. The molecular weight excluding hydrogens is 350 g/mol. The lowest BCUT2D eigenvalue weighted by atomic mass is 10.1. The summed E-state index contributed by atoms with van der Waals surface area (Å²) in [5.41, 5.74) is 5.31. The van der Waals surface area contributed by atoms with E-state index in [0.717, 1.165) is 18.2 Å². The number of nitro groups is 1. The van der Waals surface area contributed by atoms with E-state index < -0.39 is 31.9 Å². The predicted molar refractivity (Wildman–Crippen MR) is 89.8 cm³/mol. The second kappa shape index (κ2) is 7.18. The van der Waals surface area contributed by atoms with E-state index in [1.165, 1.54) is 0 Å². The van der Waals surface area contributed by atoms with Crippen molar-refractivity contribution in [2.24, 2.45) is 0 Å². The van der Waals surface area contributed by atoms with E-state index in [-0.39, 0.29) is 17.0 Å². The van der Waals surface area contributed by atoms with Gasteiger partial charge in [0, 0.05) is 12.5 Å². The van der Waals surface area contributed by atoms with Crippen molar-refractivity contribution in [3.8, 4) is 0 Å². The number of sulfone groups is 1. The van der Waals surface area contributed by atoms with E-state index in [4.69, 9.17) is 10.8 Å². The van der Waals surface area contributed by atoms with Gasteiger partial charge in [-0.1, -0.05) is 30.3 Å². The fourth-order valence-corrected chi connectivity index (χ4v) is 3.76. The zero-order valence-electron chi connectivity index (χ0n) is 12.8. The van der Waals surface area contributed by atoms with Gasteiger partial charge >= 0.3 is 6.09 Å². The van der Waals surface area contributed by atoms with Gasteiger partial charge in [0.15, 0.2) is 9.84 Å². The zero-order valence-corrected chi connectivity index (χ0v) is 13.6. The van der Waals surface area contributed by atoms with Gasteiger partial charge in [-0.15, -0.1) is 0 Å². The van der Waals surface area contributed by atoms with Crippen molar-refractivity contribution >= 4 is 27.3 Å². The maximum Gasteiger partial charge on any atom is 0.405 e. The summed E-state index contributed by atoms with van der Waals surface area (Å²) in [5.74, 6) is 0. The van der Waals surface area contributed by atoms with Gasteiger partial charge in [0.05, 0.1) is 9.82 Å². The molecule has 10 heteroatoms. The van der Waals surface area contributed by atoms with Crippen LogP contribution in [0, 0.1) is 10.1 Å². The van der Waals surface area contributed by atoms with E-state index in [2.05, 4.69) is 0 Å². The van der Waals surface area contributed by atoms with Gasteiger partial charge in [-0.05, 0) is 17.7 Å². The molecule has 4 N–H and O–H groups in total. The van der Waals surface area contributed by atoms with Crippen molar-refractivity contribution in [2.75, 3.05) is 5.73 Å². The van der Waals surface area contributed by atoms with Crippen LogP contribution in [-0.2, 0) is 16.3 Å². The first-order valence-electron chi connectivity index (χ1n) is 7.03. The van der Waals surface area contributed by atoms with Crippen molar-refractivity contribution in [3.05, 3.63) is 64.2 Å². The summed E-state index contributed by atoms with van der Waals surface area (Å²) in [6.07, 6.45) is -1.65. The Labute approximate surface area is 143 Å². The standard InChI is InChI=1S/C15H15N3O6S/c16-12-7-6-11(9-13(12)18(21)22)25(23,24)14(17-15(19)20)8-10-4-2-1-3-5-10/h1-7,9,14,17H,8,16H2,(H,19,20). The van der Waals surface area contributed by atoms with Crippen molar-refractivity contribution in [1.82, 2.24) is 5.32 Å². The van der Waals surface area contributed by atoms with E-state index in [0.29, 0.717) is 5.56 Å². The Morgan fingerprint density at radius 2 is 1.88 bits per heavy atom. The molecule has 2 aromatic carbocycles. The van der Waals surface area contributed by atoms with Crippen molar-refractivity contribution in [3.63, 3.8) is 0 Å². The third kappa shape index (κ3) is 4.23. The van der Waals surface area contributed by atoms with Gasteiger partial charge in [0.1, 0.15) is 11.1 Å². The van der Waals surface area contributed by atoms with Crippen LogP contribution in [0.25, 0.3) is 0 Å². The highest BCUT2D eigenvalue weighted by Gasteiger charge is 2.31. The molecule has 0 heterocycles. The topological polar surface area (TPSA) is 153 Å². The zero-order chi connectivity index (χ0) is 18.6. The lowest BCUT2D eigenvalue weighted by Crippen LogP contribution is -2.41. The van der Waals surface area contributed by atoms with Crippen LogP contribution in [0.1, 0.15) is 5.56 Å². The Morgan fingerprint density at radius 1 is 1.24 bits per heavy atom. The summed E-state index contributed by atoms with van der Waals surface area (Å²) in [6, 6.07) is 11.5. The maximum absolute atomic E-state index is 12.8. The number of carbonyl (C=O) groups is 1. The molecule has 1 unspecified atom stereocenters. The van der Waals surface area contributed by atoms with Crippen LogP contribution in [0.3, 0.4) is 0 Å². The molecule has 0 spiro atoms. The average molecular weight is 365 g/mol. The Bertz CT molecular complexity index is 899. The van der Waals surface area contributed by atoms with Gasteiger partial charge in [0.2, 0.25) is 0 Å². The molecule has 0 fully saturated rings. The summed E-state index contributed by atoms with van der Waals surface area (Å²) in [4.78, 5) is 20.8. The molecule has 1 atom stereocenters. The molecule has 0 aliphatic carbocycles. The highest BCUT2D eigenvalue weighted by Crippen LogP contribution is 2.27. The van der Waals surface area contributed by atoms with Crippen LogP contribution >= 0.6 is 0 Å². The molecule has 0 aromatic heterocycles. The largest absolute Gasteiger partial charge is 0.465 e. The molecule has 0 saturated heterocycles. The molecule has 0 aliphatic heterocycles. The number of nitrogens with two attached hydrogens (primary N) is 1. The quantitative estimate of drug-likeness (QED) is 0.400. The molecule has 0 saturated carbocycles. The third-order valence-electron chi connectivity index (χ3n) is 3.45. The SMILES string of the molecule is Nc1ccc(S(=O)(=O)C(Cc2ccccc2)NC(=O)O)cc1[N+](=O)[O-]. The van der Waals surface area contributed by atoms with Crippen LogP contribution in [0.5, 0.6) is 0 Å². The number of nitrogen functional groups attached to an aromatic ring is 1. The number of hydrogen-bond donors (Lipinski definition) is 3. The van der Waals surface area contributed by atoms with Crippen LogP contribution in [0.2, 0.25) is 0 Å². The van der Waals surface area contributed by atoms with E-state index in [9.17, 15) is 23.3 Å². The first-order chi connectivity index (χ1) is 11.7. The fourth-order valence-electron chi connectivity index (χ4n) is 2.23. The maximum atomic E-state index is 12.8. The molecular formula is C15H15N3O6S. The van der Waals surface area contributed by atoms with Crippen LogP contribution in [0.4, 0.5) is 16.2 Å². The minimum Gasteiger partial charge on any atom is -0.465 e. The fraction of sp³-hybridized carbons (Fsp3) is 0.133. The number of hydrogen-bond acceptors (Lipinski definition) is 6. The van der Waals surface area contributed by atoms with E-state index in [1.807, 2.05) is 5.32 Å². The molecule has 0 aliphatic rings. The second-order valence-corrected chi connectivity index (χ2v) is 7.28. The van der Waals surface area contributed by atoms with E-state index in [1.54, 1.807) is 30.3 Å². The Hall–Kier alpha value is -3.14. The number of rotatable bonds is 6. The number of nitro benzene ring substituents is 1. The lowest BCUT2D eigenvalue weighted by molar-refractivity contribution is -0.384. The van der Waals surface area contributed by atoms with Crippen molar-refractivity contribution < 1.29 is 23.2 Å². The molecule has 2 aromatic rings. The highest BCUT2D eigenvalue weighted by molar-refractivity contribution is 7.92. The normalized spacial score (nSPS) is 12.3. The second-order valence-electron chi connectivity index (χ2n) is 5.15. The number of amides is 1.